The number of benzene rings is 1. The van der Waals surface area contributed by atoms with Crippen molar-refractivity contribution < 1.29 is 4.74 Å². The van der Waals surface area contributed by atoms with Gasteiger partial charge in [0.1, 0.15) is 5.75 Å². The molecule has 1 atom stereocenters. The first-order chi connectivity index (χ1) is 8.81. The molecule has 1 unspecified atom stereocenters. The summed E-state index contributed by atoms with van der Waals surface area (Å²) in [6.45, 7) is 7.77. The van der Waals surface area contributed by atoms with E-state index in [-0.39, 0.29) is 0 Å². The molecule has 3 nitrogen and oxygen atoms in total. The molecule has 3 heteroatoms. The standard InChI is InChI=1S/C15H22N2O/c1-12-2-4-14-10-13(3-5-15(14)18-12)11-17-8-6-16-7-9-17/h3,5,10,12,16H,2,4,6-9,11H2,1H3. The number of ether oxygens (including phenoxy) is 1. The number of piperazine rings is 1. The smallest absolute Gasteiger partial charge is 0.122 e. The minimum Gasteiger partial charge on any atom is -0.490 e. The fourth-order valence-electron chi connectivity index (χ4n) is 2.80. The average molecular weight is 246 g/mol. The Kier molecular flexibility index (Phi) is 3.52. The molecule has 0 amide bonds. The van der Waals surface area contributed by atoms with Gasteiger partial charge in [-0.15, -0.1) is 0 Å². The van der Waals surface area contributed by atoms with E-state index in [0.717, 1.165) is 51.3 Å². The predicted molar refractivity (Wildman–Crippen MR) is 73.0 cm³/mol. The fourth-order valence-corrected chi connectivity index (χ4v) is 2.80. The molecule has 2 aliphatic rings. The highest BCUT2D eigenvalue weighted by Gasteiger charge is 2.17. The number of nitrogens with zero attached hydrogens (tertiary/aromatic N) is 1. The number of fused-ring (bicyclic) bond motifs is 1. The number of hydrogen-bond donors (Lipinski definition) is 1. The Morgan fingerprint density at radius 1 is 1.33 bits per heavy atom. The van der Waals surface area contributed by atoms with E-state index in [1.165, 1.54) is 11.1 Å². The van der Waals surface area contributed by atoms with Crippen molar-refractivity contribution >= 4 is 0 Å². The highest BCUT2D eigenvalue weighted by molar-refractivity contribution is 5.38. The van der Waals surface area contributed by atoms with Crippen LogP contribution in [0.15, 0.2) is 18.2 Å². The molecule has 0 spiro atoms. The molecule has 98 valence electrons. The quantitative estimate of drug-likeness (QED) is 0.861. The summed E-state index contributed by atoms with van der Waals surface area (Å²) < 4.78 is 5.85. The van der Waals surface area contributed by atoms with E-state index in [0.29, 0.717) is 6.10 Å². The van der Waals surface area contributed by atoms with Crippen molar-refractivity contribution in [3.8, 4) is 5.75 Å². The van der Waals surface area contributed by atoms with Crippen LogP contribution in [-0.4, -0.2) is 37.2 Å². The van der Waals surface area contributed by atoms with Crippen molar-refractivity contribution in [2.24, 2.45) is 0 Å². The molecular formula is C15H22N2O. The maximum Gasteiger partial charge on any atom is 0.122 e. The van der Waals surface area contributed by atoms with Crippen LogP contribution in [0.5, 0.6) is 5.75 Å². The second-order valence-corrected chi connectivity index (χ2v) is 5.44. The normalized spacial score (nSPS) is 24.4. The highest BCUT2D eigenvalue weighted by Crippen LogP contribution is 2.28. The van der Waals surface area contributed by atoms with Gasteiger partial charge in [0.2, 0.25) is 0 Å². The molecule has 0 saturated carbocycles. The lowest BCUT2D eigenvalue weighted by molar-refractivity contribution is 0.192. The summed E-state index contributed by atoms with van der Waals surface area (Å²) >= 11 is 0. The van der Waals surface area contributed by atoms with E-state index in [4.69, 9.17) is 4.74 Å². The molecule has 2 heterocycles. The van der Waals surface area contributed by atoms with Crippen LogP contribution in [0.4, 0.5) is 0 Å². The molecule has 0 aromatic heterocycles. The largest absolute Gasteiger partial charge is 0.490 e. The molecular weight excluding hydrogens is 224 g/mol. The number of hydrogen-bond acceptors (Lipinski definition) is 3. The first kappa shape index (κ1) is 12.0. The second kappa shape index (κ2) is 5.29. The van der Waals surface area contributed by atoms with Crippen molar-refractivity contribution in [2.75, 3.05) is 26.2 Å². The third kappa shape index (κ3) is 2.68. The van der Waals surface area contributed by atoms with Gasteiger partial charge in [-0.1, -0.05) is 12.1 Å². The van der Waals surface area contributed by atoms with Gasteiger partial charge in [0.25, 0.3) is 0 Å². The molecule has 0 bridgehead atoms. The van der Waals surface area contributed by atoms with Gasteiger partial charge in [-0.2, -0.15) is 0 Å². The van der Waals surface area contributed by atoms with Crippen LogP contribution < -0.4 is 10.1 Å². The van der Waals surface area contributed by atoms with Crippen molar-refractivity contribution in [3.63, 3.8) is 0 Å². The van der Waals surface area contributed by atoms with E-state index >= 15 is 0 Å². The average Bonchev–Trinajstić information content (AvgIpc) is 2.40. The van der Waals surface area contributed by atoms with Crippen molar-refractivity contribution in [1.82, 2.24) is 10.2 Å². The van der Waals surface area contributed by atoms with Crippen LogP contribution in [0.25, 0.3) is 0 Å². The first-order valence-corrected chi connectivity index (χ1v) is 7.03. The summed E-state index contributed by atoms with van der Waals surface area (Å²) in [6, 6.07) is 6.71. The molecule has 1 saturated heterocycles. The summed E-state index contributed by atoms with van der Waals surface area (Å²) in [6.07, 6.45) is 2.67. The first-order valence-electron chi connectivity index (χ1n) is 7.03. The highest BCUT2D eigenvalue weighted by atomic mass is 16.5. The summed E-state index contributed by atoms with van der Waals surface area (Å²) in [5.74, 6) is 1.10. The van der Waals surface area contributed by atoms with E-state index in [9.17, 15) is 0 Å². The summed E-state index contributed by atoms with van der Waals surface area (Å²) in [5.41, 5.74) is 2.81. The minimum atomic E-state index is 0.372. The maximum absolute atomic E-state index is 5.85. The Morgan fingerprint density at radius 3 is 3.00 bits per heavy atom. The van der Waals surface area contributed by atoms with Gasteiger partial charge < -0.3 is 10.1 Å². The molecule has 1 fully saturated rings. The van der Waals surface area contributed by atoms with E-state index < -0.39 is 0 Å². The van der Waals surface area contributed by atoms with Crippen LogP contribution in [0.1, 0.15) is 24.5 Å². The topological polar surface area (TPSA) is 24.5 Å². The van der Waals surface area contributed by atoms with Crippen molar-refractivity contribution in [1.29, 1.82) is 0 Å². The van der Waals surface area contributed by atoms with Crippen molar-refractivity contribution in [2.45, 2.75) is 32.4 Å². The molecule has 0 radical (unpaired) electrons. The molecule has 1 N–H and O–H groups in total. The monoisotopic (exact) mass is 246 g/mol. The Morgan fingerprint density at radius 2 is 2.17 bits per heavy atom. The number of aryl methyl sites for hydroxylation is 1. The number of nitrogens with one attached hydrogen (secondary N) is 1. The Bertz CT molecular complexity index is 413. The summed E-state index contributed by atoms with van der Waals surface area (Å²) in [4.78, 5) is 2.52. The Balaban J connectivity index is 1.69. The zero-order chi connectivity index (χ0) is 12.4. The number of rotatable bonds is 2. The summed E-state index contributed by atoms with van der Waals surface area (Å²) in [5, 5.41) is 3.39. The lowest BCUT2D eigenvalue weighted by Gasteiger charge is -2.28. The lowest BCUT2D eigenvalue weighted by atomic mass is 10.0. The third-order valence-electron chi connectivity index (χ3n) is 3.89. The predicted octanol–water partition coefficient (Wildman–Crippen LogP) is 1.81. The minimum absolute atomic E-state index is 0.372. The molecule has 1 aromatic carbocycles. The van der Waals surface area contributed by atoms with Crippen molar-refractivity contribution in [3.05, 3.63) is 29.3 Å². The lowest BCUT2D eigenvalue weighted by Crippen LogP contribution is -2.42. The van der Waals surface area contributed by atoms with Crippen LogP contribution in [-0.2, 0) is 13.0 Å². The summed E-state index contributed by atoms with van der Waals surface area (Å²) in [7, 11) is 0. The van der Waals surface area contributed by atoms with Gasteiger partial charge in [0, 0.05) is 32.7 Å². The Labute approximate surface area is 109 Å². The molecule has 2 aliphatic heterocycles. The third-order valence-corrected chi connectivity index (χ3v) is 3.89. The SMILES string of the molecule is CC1CCc2cc(CN3CCNCC3)ccc2O1. The van der Waals surface area contributed by atoms with E-state index in [2.05, 4.69) is 35.3 Å². The van der Waals surface area contributed by atoms with Gasteiger partial charge in [0.05, 0.1) is 6.10 Å². The molecule has 18 heavy (non-hydrogen) atoms. The second-order valence-electron chi connectivity index (χ2n) is 5.44. The Hall–Kier alpha value is -1.06. The van der Waals surface area contributed by atoms with E-state index in [1.807, 2.05) is 0 Å². The van der Waals surface area contributed by atoms with Crippen LogP contribution in [0.2, 0.25) is 0 Å². The fraction of sp³-hybridized carbons (Fsp3) is 0.600. The molecule has 3 rings (SSSR count). The zero-order valence-electron chi connectivity index (χ0n) is 11.1. The molecule has 0 aliphatic carbocycles. The van der Waals surface area contributed by atoms with Crippen LogP contribution >= 0.6 is 0 Å². The van der Waals surface area contributed by atoms with E-state index in [1.54, 1.807) is 0 Å². The van der Waals surface area contributed by atoms with Gasteiger partial charge >= 0.3 is 0 Å². The van der Waals surface area contributed by atoms with Gasteiger partial charge in [0.15, 0.2) is 0 Å². The van der Waals surface area contributed by atoms with Gasteiger partial charge in [-0.05, 0) is 37.0 Å². The van der Waals surface area contributed by atoms with Crippen LogP contribution in [0.3, 0.4) is 0 Å². The van der Waals surface area contributed by atoms with Gasteiger partial charge in [-0.3, -0.25) is 4.90 Å². The molecule has 1 aromatic rings. The zero-order valence-corrected chi connectivity index (χ0v) is 11.1. The van der Waals surface area contributed by atoms with Gasteiger partial charge in [-0.25, -0.2) is 0 Å². The van der Waals surface area contributed by atoms with Crippen LogP contribution in [0, 0.1) is 0 Å². The maximum atomic E-state index is 5.85.